The first-order valence-electron chi connectivity index (χ1n) is 7.79. The van der Waals surface area contributed by atoms with Crippen LogP contribution in [0.2, 0.25) is 0 Å². The highest BCUT2D eigenvalue weighted by Gasteiger charge is 2.16. The lowest BCUT2D eigenvalue weighted by molar-refractivity contribution is 0.122. The second kappa shape index (κ2) is 7.11. The number of ether oxygens (including phenoxy) is 2. The Morgan fingerprint density at radius 2 is 1.90 bits per heavy atom. The van der Waals surface area contributed by atoms with Crippen LogP contribution >= 0.6 is 0 Å². The van der Waals surface area contributed by atoms with E-state index in [0.717, 1.165) is 64.8 Å². The van der Waals surface area contributed by atoms with E-state index in [0.29, 0.717) is 0 Å². The summed E-state index contributed by atoms with van der Waals surface area (Å²) in [5.41, 5.74) is 2.56. The molecule has 0 bridgehead atoms. The molecule has 21 heavy (non-hydrogen) atoms. The fourth-order valence-electron chi connectivity index (χ4n) is 3.02. The normalized spacial score (nSPS) is 20.5. The second-order valence-corrected chi connectivity index (χ2v) is 5.62. The number of nitrogens with zero attached hydrogens (tertiary/aromatic N) is 2. The van der Waals surface area contributed by atoms with E-state index in [2.05, 4.69) is 33.3 Å². The Bertz CT molecular complexity index is 455. The van der Waals surface area contributed by atoms with Crippen LogP contribution in [0.1, 0.15) is 5.56 Å². The zero-order valence-corrected chi connectivity index (χ0v) is 12.8. The summed E-state index contributed by atoms with van der Waals surface area (Å²) in [6.07, 6.45) is 0. The molecule has 1 N–H and O–H groups in total. The molecule has 0 aromatic heterocycles. The summed E-state index contributed by atoms with van der Waals surface area (Å²) in [5, 5.41) is 3.40. The average Bonchev–Trinajstić information content (AvgIpc) is 2.56. The lowest BCUT2D eigenvalue weighted by atomic mass is 10.1. The minimum atomic E-state index is 0.819. The van der Waals surface area contributed by atoms with Crippen LogP contribution in [0.3, 0.4) is 0 Å². The van der Waals surface area contributed by atoms with E-state index >= 15 is 0 Å². The van der Waals surface area contributed by atoms with Gasteiger partial charge in [-0.25, -0.2) is 0 Å². The predicted octanol–water partition coefficient (Wildman–Crippen LogP) is 0.937. The number of morpholine rings is 1. The number of methoxy groups -OCH3 is 1. The van der Waals surface area contributed by atoms with Gasteiger partial charge in [0.25, 0.3) is 0 Å². The second-order valence-electron chi connectivity index (χ2n) is 5.62. The Labute approximate surface area is 126 Å². The van der Waals surface area contributed by atoms with Crippen LogP contribution in [-0.2, 0) is 11.3 Å². The van der Waals surface area contributed by atoms with Gasteiger partial charge in [0, 0.05) is 57.1 Å². The molecule has 1 aromatic carbocycles. The summed E-state index contributed by atoms with van der Waals surface area (Å²) in [7, 11) is 1.75. The van der Waals surface area contributed by atoms with Crippen molar-refractivity contribution >= 4 is 5.69 Å². The highest BCUT2D eigenvalue weighted by molar-refractivity contribution is 5.53. The quantitative estimate of drug-likeness (QED) is 0.893. The first kappa shape index (κ1) is 14.6. The molecule has 0 saturated carbocycles. The van der Waals surface area contributed by atoms with Crippen molar-refractivity contribution in [1.29, 1.82) is 0 Å². The highest BCUT2D eigenvalue weighted by Crippen LogP contribution is 2.27. The zero-order chi connectivity index (χ0) is 14.5. The number of nitrogens with one attached hydrogen (secondary N) is 1. The van der Waals surface area contributed by atoms with Crippen molar-refractivity contribution in [3.63, 3.8) is 0 Å². The lowest BCUT2D eigenvalue weighted by Gasteiger charge is -2.31. The van der Waals surface area contributed by atoms with Gasteiger partial charge in [0.05, 0.1) is 20.3 Å². The summed E-state index contributed by atoms with van der Waals surface area (Å²) in [6.45, 7) is 8.90. The summed E-state index contributed by atoms with van der Waals surface area (Å²) >= 11 is 0. The van der Waals surface area contributed by atoms with Crippen molar-refractivity contribution in [3.8, 4) is 5.75 Å². The van der Waals surface area contributed by atoms with Crippen LogP contribution in [0.5, 0.6) is 5.75 Å². The van der Waals surface area contributed by atoms with Crippen LogP contribution < -0.4 is 15.0 Å². The molecule has 116 valence electrons. The largest absolute Gasteiger partial charge is 0.496 e. The molecule has 1 aromatic rings. The summed E-state index contributed by atoms with van der Waals surface area (Å²) in [6, 6.07) is 6.54. The first-order valence-corrected chi connectivity index (χ1v) is 7.79. The molecule has 0 radical (unpaired) electrons. The summed E-state index contributed by atoms with van der Waals surface area (Å²) < 4.78 is 11.0. The van der Waals surface area contributed by atoms with Gasteiger partial charge in [-0.05, 0) is 18.2 Å². The molecule has 2 aliphatic rings. The van der Waals surface area contributed by atoms with Crippen molar-refractivity contribution in [2.45, 2.75) is 6.54 Å². The molecule has 2 fully saturated rings. The van der Waals surface area contributed by atoms with E-state index in [-0.39, 0.29) is 0 Å². The van der Waals surface area contributed by atoms with Gasteiger partial charge >= 0.3 is 0 Å². The van der Waals surface area contributed by atoms with E-state index in [1.54, 1.807) is 7.11 Å². The highest BCUT2D eigenvalue weighted by atomic mass is 16.5. The molecule has 0 spiro atoms. The number of benzene rings is 1. The van der Waals surface area contributed by atoms with E-state index in [1.165, 1.54) is 11.3 Å². The van der Waals surface area contributed by atoms with Crippen LogP contribution in [-0.4, -0.2) is 64.5 Å². The third-order valence-corrected chi connectivity index (χ3v) is 4.24. The van der Waals surface area contributed by atoms with Gasteiger partial charge in [0.1, 0.15) is 5.75 Å². The molecule has 2 aliphatic heterocycles. The molecule has 2 heterocycles. The van der Waals surface area contributed by atoms with E-state index in [1.807, 2.05) is 0 Å². The number of anilines is 1. The van der Waals surface area contributed by atoms with Gasteiger partial charge in [-0.15, -0.1) is 0 Å². The van der Waals surface area contributed by atoms with Gasteiger partial charge in [0.15, 0.2) is 0 Å². The van der Waals surface area contributed by atoms with E-state index < -0.39 is 0 Å². The van der Waals surface area contributed by atoms with E-state index in [9.17, 15) is 0 Å². The maximum Gasteiger partial charge on any atom is 0.123 e. The zero-order valence-electron chi connectivity index (χ0n) is 12.8. The van der Waals surface area contributed by atoms with Crippen LogP contribution in [0.25, 0.3) is 0 Å². The molecule has 2 saturated heterocycles. The topological polar surface area (TPSA) is 37.0 Å². The first-order chi connectivity index (χ1) is 10.4. The molecule has 5 heteroatoms. The third-order valence-electron chi connectivity index (χ3n) is 4.24. The number of rotatable bonds is 4. The van der Waals surface area contributed by atoms with Gasteiger partial charge in [-0.1, -0.05) is 0 Å². The maximum absolute atomic E-state index is 5.54. The minimum absolute atomic E-state index is 0.819. The van der Waals surface area contributed by atoms with Gasteiger partial charge in [0.2, 0.25) is 0 Å². The van der Waals surface area contributed by atoms with Gasteiger partial charge < -0.3 is 19.7 Å². The van der Waals surface area contributed by atoms with Crippen molar-refractivity contribution < 1.29 is 9.47 Å². The smallest absolute Gasteiger partial charge is 0.123 e. The third kappa shape index (κ3) is 3.67. The van der Waals surface area contributed by atoms with Gasteiger partial charge in [-0.3, -0.25) is 4.90 Å². The molecular weight excluding hydrogens is 266 g/mol. The van der Waals surface area contributed by atoms with Gasteiger partial charge in [-0.2, -0.15) is 0 Å². The van der Waals surface area contributed by atoms with Crippen LogP contribution in [0, 0.1) is 0 Å². The SMILES string of the molecule is COc1ccc(N2CCOCC2)cc1CN1CCNCC1. The molecular formula is C16H25N3O2. The summed E-state index contributed by atoms with van der Waals surface area (Å²) in [5.74, 6) is 0.991. The predicted molar refractivity (Wildman–Crippen MR) is 84.2 cm³/mol. The van der Waals surface area contributed by atoms with Crippen LogP contribution in [0.4, 0.5) is 5.69 Å². The molecule has 5 nitrogen and oxygen atoms in total. The maximum atomic E-state index is 5.54. The van der Waals surface area contributed by atoms with Crippen molar-refractivity contribution in [1.82, 2.24) is 10.2 Å². The fourth-order valence-corrected chi connectivity index (χ4v) is 3.02. The minimum Gasteiger partial charge on any atom is -0.496 e. The van der Waals surface area contributed by atoms with Crippen molar-refractivity contribution in [3.05, 3.63) is 23.8 Å². The Hall–Kier alpha value is -1.30. The fraction of sp³-hybridized carbons (Fsp3) is 0.625. The Morgan fingerprint density at radius 3 is 2.62 bits per heavy atom. The molecule has 0 amide bonds. The number of hydrogen-bond acceptors (Lipinski definition) is 5. The number of hydrogen-bond donors (Lipinski definition) is 1. The van der Waals surface area contributed by atoms with E-state index in [4.69, 9.17) is 9.47 Å². The lowest BCUT2D eigenvalue weighted by Crippen LogP contribution is -2.43. The Balaban J connectivity index is 1.75. The Kier molecular flexibility index (Phi) is 4.95. The van der Waals surface area contributed by atoms with Crippen LogP contribution in [0.15, 0.2) is 18.2 Å². The molecule has 3 rings (SSSR count). The monoisotopic (exact) mass is 291 g/mol. The molecule has 0 aliphatic carbocycles. The van der Waals surface area contributed by atoms with Crippen molar-refractivity contribution in [2.24, 2.45) is 0 Å². The molecule has 0 atom stereocenters. The standard InChI is InChI=1S/C16H25N3O2/c1-20-16-3-2-15(19-8-10-21-11-9-19)12-14(16)13-18-6-4-17-5-7-18/h2-3,12,17H,4-11,13H2,1H3. The average molecular weight is 291 g/mol. The van der Waals surface area contributed by atoms with Crippen molar-refractivity contribution in [2.75, 3.05) is 64.5 Å². The molecule has 0 unspecified atom stereocenters. The summed E-state index contributed by atoms with van der Waals surface area (Å²) in [4.78, 5) is 4.88. The Morgan fingerprint density at radius 1 is 1.14 bits per heavy atom. The number of piperazine rings is 1.